The molecule has 1 saturated carbocycles. The van der Waals surface area contributed by atoms with Gasteiger partial charge in [0.25, 0.3) is 0 Å². The molecule has 3 nitrogen and oxygen atoms in total. The number of carbonyl (C=O) groups excluding carboxylic acids is 1. The highest BCUT2D eigenvalue weighted by Crippen LogP contribution is 2.31. The molecule has 0 heterocycles. The maximum Gasteiger partial charge on any atom is 0.220 e. The van der Waals surface area contributed by atoms with Crippen LogP contribution in [0.3, 0.4) is 0 Å². The summed E-state index contributed by atoms with van der Waals surface area (Å²) in [5.74, 6) is 0.224. The van der Waals surface area contributed by atoms with Crippen LogP contribution in [0.15, 0.2) is 0 Å². The molecule has 0 radical (unpaired) electrons. The second-order valence-corrected chi connectivity index (χ2v) is 4.32. The van der Waals surface area contributed by atoms with Crippen molar-refractivity contribution in [1.29, 1.82) is 0 Å². The number of nitrogens with one attached hydrogen (secondary N) is 2. The third-order valence-electron chi connectivity index (χ3n) is 2.99. The van der Waals surface area contributed by atoms with E-state index in [1.165, 1.54) is 6.42 Å². The lowest BCUT2D eigenvalue weighted by atomic mass is 9.76. The summed E-state index contributed by atoms with van der Waals surface area (Å²) in [7, 11) is 1.94. The molecule has 2 N–H and O–H groups in total. The van der Waals surface area contributed by atoms with Gasteiger partial charge < -0.3 is 10.6 Å². The van der Waals surface area contributed by atoms with Gasteiger partial charge in [0, 0.05) is 15.8 Å². The molecular weight excluding hydrogens is 176 g/mol. The fraction of sp³-hybridized carbons (Fsp3) is 0.909. The van der Waals surface area contributed by atoms with Crippen LogP contribution >= 0.6 is 0 Å². The van der Waals surface area contributed by atoms with Crippen molar-refractivity contribution >= 4 is 5.91 Å². The summed E-state index contributed by atoms with van der Waals surface area (Å²) in [6, 6.07) is 0. The first-order chi connectivity index (χ1) is 6.72. The SMILES string of the molecule is CCCCC(=O)NC1(CNC)CCC1.[HH].[HH]. The lowest BCUT2D eigenvalue weighted by Crippen LogP contribution is -2.58. The number of unbranched alkanes of at least 4 members (excludes halogenated alkanes) is 1. The van der Waals surface area contributed by atoms with Crippen molar-refractivity contribution in [3.8, 4) is 0 Å². The Morgan fingerprint density at radius 2 is 2.21 bits per heavy atom. The molecule has 0 aromatic rings. The number of amides is 1. The van der Waals surface area contributed by atoms with Crippen molar-refractivity contribution in [2.75, 3.05) is 13.6 Å². The van der Waals surface area contributed by atoms with E-state index in [4.69, 9.17) is 0 Å². The minimum atomic E-state index is 0. The molecule has 0 spiro atoms. The highest BCUT2D eigenvalue weighted by molar-refractivity contribution is 5.76. The maximum absolute atomic E-state index is 11.5. The van der Waals surface area contributed by atoms with Gasteiger partial charge in [-0.25, -0.2) is 0 Å². The van der Waals surface area contributed by atoms with E-state index in [0.717, 1.165) is 32.2 Å². The lowest BCUT2D eigenvalue weighted by Gasteiger charge is -2.42. The third-order valence-corrected chi connectivity index (χ3v) is 2.99. The minimum absolute atomic E-state index is 0. The van der Waals surface area contributed by atoms with E-state index in [1.807, 2.05) is 7.05 Å². The lowest BCUT2D eigenvalue weighted by molar-refractivity contribution is -0.124. The minimum Gasteiger partial charge on any atom is -0.349 e. The smallest absolute Gasteiger partial charge is 0.220 e. The van der Waals surface area contributed by atoms with Crippen LogP contribution in [-0.4, -0.2) is 25.0 Å². The first-order valence-corrected chi connectivity index (χ1v) is 5.68. The van der Waals surface area contributed by atoms with Gasteiger partial charge in [-0.3, -0.25) is 4.79 Å². The topological polar surface area (TPSA) is 41.1 Å². The van der Waals surface area contributed by atoms with E-state index >= 15 is 0 Å². The van der Waals surface area contributed by atoms with Gasteiger partial charge in [-0.05, 0) is 32.7 Å². The fourth-order valence-electron chi connectivity index (χ4n) is 1.98. The number of likely N-dealkylation sites (N-methyl/N-ethyl adjacent to an activating group) is 1. The Labute approximate surface area is 89.6 Å². The van der Waals surface area contributed by atoms with Gasteiger partial charge in [-0.15, -0.1) is 0 Å². The molecule has 0 saturated heterocycles. The zero-order chi connectivity index (χ0) is 10.4. The van der Waals surface area contributed by atoms with E-state index in [2.05, 4.69) is 17.6 Å². The molecule has 1 amide bonds. The highest BCUT2D eigenvalue weighted by atomic mass is 16.1. The molecule has 1 fully saturated rings. The second kappa shape index (κ2) is 5.35. The van der Waals surface area contributed by atoms with Crippen LogP contribution in [-0.2, 0) is 4.79 Å². The molecule has 3 heteroatoms. The van der Waals surface area contributed by atoms with Gasteiger partial charge >= 0.3 is 0 Å². The fourth-order valence-corrected chi connectivity index (χ4v) is 1.98. The molecule has 86 valence electrons. The summed E-state index contributed by atoms with van der Waals surface area (Å²) < 4.78 is 0. The number of hydrogen-bond acceptors (Lipinski definition) is 2. The predicted octanol–water partition coefficient (Wildman–Crippen LogP) is 1.93. The number of hydrogen-bond donors (Lipinski definition) is 2. The van der Waals surface area contributed by atoms with Gasteiger partial charge in [0.05, 0.1) is 5.54 Å². The Hall–Kier alpha value is -0.570. The summed E-state index contributed by atoms with van der Waals surface area (Å²) in [5, 5.41) is 6.32. The van der Waals surface area contributed by atoms with Crippen LogP contribution in [0, 0.1) is 0 Å². The van der Waals surface area contributed by atoms with Gasteiger partial charge in [0.1, 0.15) is 0 Å². The molecule has 1 aliphatic carbocycles. The van der Waals surface area contributed by atoms with Gasteiger partial charge in [0.15, 0.2) is 0 Å². The number of carbonyl (C=O) groups is 1. The summed E-state index contributed by atoms with van der Waals surface area (Å²) in [5.41, 5.74) is 0.0829. The Kier molecular flexibility index (Phi) is 4.39. The van der Waals surface area contributed by atoms with Gasteiger partial charge in [0.2, 0.25) is 5.91 Å². The first kappa shape index (κ1) is 11.5. The zero-order valence-corrected chi connectivity index (χ0v) is 9.36. The Bertz CT molecular complexity index is 196. The standard InChI is InChI=1S/C11H22N2O.2H2/c1-3-4-6-10(14)13-11(9-12-2)7-5-8-11;;/h12H,3-9H2,1-2H3,(H,13,14);2*1H. The van der Waals surface area contributed by atoms with Crippen molar-refractivity contribution in [3.63, 3.8) is 0 Å². The van der Waals surface area contributed by atoms with Crippen molar-refractivity contribution in [2.24, 2.45) is 0 Å². The summed E-state index contributed by atoms with van der Waals surface area (Å²) >= 11 is 0. The van der Waals surface area contributed by atoms with E-state index in [-0.39, 0.29) is 14.3 Å². The molecule has 0 unspecified atom stereocenters. The zero-order valence-electron chi connectivity index (χ0n) is 9.36. The van der Waals surface area contributed by atoms with E-state index in [1.54, 1.807) is 0 Å². The van der Waals surface area contributed by atoms with Crippen LogP contribution < -0.4 is 10.6 Å². The van der Waals surface area contributed by atoms with Crippen LogP contribution in [0.4, 0.5) is 0 Å². The van der Waals surface area contributed by atoms with Crippen molar-refractivity contribution < 1.29 is 7.65 Å². The summed E-state index contributed by atoms with van der Waals surface area (Å²) in [4.78, 5) is 11.5. The van der Waals surface area contributed by atoms with Crippen molar-refractivity contribution in [1.82, 2.24) is 10.6 Å². The molecule has 1 rings (SSSR count). The molecular formula is C11H26N2O. The first-order valence-electron chi connectivity index (χ1n) is 5.68. The van der Waals surface area contributed by atoms with Crippen LogP contribution in [0.1, 0.15) is 48.3 Å². The Morgan fingerprint density at radius 1 is 1.50 bits per heavy atom. The van der Waals surface area contributed by atoms with E-state index < -0.39 is 0 Å². The maximum atomic E-state index is 11.5. The van der Waals surface area contributed by atoms with Crippen LogP contribution in [0.5, 0.6) is 0 Å². The molecule has 14 heavy (non-hydrogen) atoms. The molecule has 0 bridgehead atoms. The average Bonchev–Trinajstić information content (AvgIpc) is 2.11. The predicted molar refractivity (Wildman–Crippen MR) is 62.4 cm³/mol. The molecule has 0 aliphatic heterocycles. The van der Waals surface area contributed by atoms with Gasteiger partial charge in [-0.2, -0.15) is 0 Å². The monoisotopic (exact) mass is 202 g/mol. The molecule has 0 aromatic carbocycles. The quantitative estimate of drug-likeness (QED) is 0.691. The molecule has 0 aromatic heterocycles. The van der Waals surface area contributed by atoms with Gasteiger partial charge in [-0.1, -0.05) is 13.3 Å². The van der Waals surface area contributed by atoms with E-state index in [0.29, 0.717) is 6.42 Å². The molecule has 0 atom stereocenters. The van der Waals surface area contributed by atoms with Crippen LogP contribution in [0.25, 0.3) is 0 Å². The summed E-state index contributed by atoms with van der Waals surface area (Å²) in [6.45, 7) is 3.02. The van der Waals surface area contributed by atoms with Crippen molar-refractivity contribution in [3.05, 3.63) is 0 Å². The number of rotatable bonds is 6. The Morgan fingerprint density at radius 3 is 2.64 bits per heavy atom. The molecule has 1 aliphatic rings. The normalized spacial score (nSPS) is 18.7. The third kappa shape index (κ3) is 2.98. The average molecular weight is 202 g/mol. The largest absolute Gasteiger partial charge is 0.349 e. The Balaban J connectivity index is 0. The van der Waals surface area contributed by atoms with E-state index in [9.17, 15) is 4.79 Å². The highest BCUT2D eigenvalue weighted by Gasteiger charge is 2.37. The van der Waals surface area contributed by atoms with Crippen LogP contribution in [0.2, 0.25) is 0 Å². The van der Waals surface area contributed by atoms with Crippen molar-refractivity contribution in [2.45, 2.75) is 51.0 Å². The second-order valence-electron chi connectivity index (χ2n) is 4.32. The summed E-state index contributed by atoms with van der Waals surface area (Å²) in [6.07, 6.45) is 6.28.